The number of sulfonamides is 1. The number of nitrogens with zero attached hydrogens (tertiary/aromatic N) is 2. The summed E-state index contributed by atoms with van der Waals surface area (Å²) in [5, 5.41) is 6.16. The lowest BCUT2D eigenvalue weighted by atomic mass is 10.3. The van der Waals surface area contributed by atoms with Crippen LogP contribution in [0.15, 0.2) is 53.4 Å². The minimum absolute atomic E-state index is 0.0266. The fourth-order valence-electron chi connectivity index (χ4n) is 2.79. The third kappa shape index (κ3) is 6.05. The third-order valence-corrected chi connectivity index (χ3v) is 5.81. The number of ether oxygens (including phenoxy) is 2. The Morgan fingerprint density at radius 1 is 0.969 bits per heavy atom. The van der Waals surface area contributed by atoms with E-state index in [0.29, 0.717) is 11.8 Å². The summed E-state index contributed by atoms with van der Waals surface area (Å²) in [6, 6.07) is 12.6. The Bertz CT molecular complexity index is 1170. The van der Waals surface area contributed by atoms with E-state index in [0.717, 1.165) is 23.2 Å². The molecule has 3 N–H and O–H groups in total. The molecule has 0 amide bonds. The Hall–Kier alpha value is -3.44. The van der Waals surface area contributed by atoms with E-state index in [1.807, 2.05) is 31.2 Å². The number of benzene rings is 2. The van der Waals surface area contributed by atoms with Crippen molar-refractivity contribution in [1.29, 1.82) is 0 Å². The highest BCUT2D eigenvalue weighted by Gasteiger charge is 2.16. The second kappa shape index (κ2) is 10.2. The second-order valence-electron chi connectivity index (χ2n) is 6.69. The fraction of sp³-hybridized carbons (Fsp3) is 0.238. The molecule has 0 radical (unpaired) electrons. The van der Waals surface area contributed by atoms with E-state index >= 15 is 0 Å². The molecule has 0 fully saturated rings. The molecule has 0 spiro atoms. The molecule has 9 nitrogen and oxygen atoms in total. The molecule has 0 bridgehead atoms. The van der Waals surface area contributed by atoms with Crippen molar-refractivity contribution < 1.29 is 22.3 Å². The summed E-state index contributed by atoms with van der Waals surface area (Å²) >= 11 is 0. The van der Waals surface area contributed by atoms with Crippen LogP contribution < -0.4 is 24.8 Å². The smallest absolute Gasteiger partial charge is 0.240 e. The molecule has 0 saturated heterocycles. The number of nitrogens with one attached hydrogen (secondary N) is 3. The van der Waals surface area contributed by atoms with Gasteiger partial charge in [0.1, 0.15) is 11.6 Å². The molecule has 0 unspecified atom stereocenters. The van der Waals surface area contributed by atoms with Crippen LogP contribution in [0.5, 0.6) is 11.5 Å². The van der Waals surface area contributed by atoms with E-state index in [9.17, 15) is 12.8 Å². The van der Waals surface area contributed by atoms with E-state index in [2.05, 4.69) is 25.3 Å². The van der Waals surface area contributed by atoms with Crippen molar-refractivity contribution in [3.8, 4) is 11.5 Å². The third-order valence-electron chi connectivity index (χ3n) is 4.35. The Morgan fingerprint density at radius 2 is 1.72 bits per heavy atom. The Balaban J connectivity index is 1.58. The highest BCUT2D eigenvalue weighted by atomic mass is 32.2. The molecule has 11 heteroatoms. The number of aromatic nitrogens is 2. The van der Waals surface area contributed by atoms with Crippen molar-refractivity contribution in [1.82, 2.24) is 14.7 Å². The lowest BCUT2D eigenvalue weighted by molar-refractivity contribution is 0.385. The maximum atomic E-state index is 13.8. The maximum Gasteiger partial charge on any atom is 0.240 e. The topological polar surface area (TPSA) is 114 Å². The van der Waals surface area contributed by atoms with Gasteiger partial charge in [-0.15, -0.1) is 0 Å². The van der Waals surface area contributed by atoms with Gasteiger partial charge < -0.3 is 20.1 Å². The van der Waals surface area contributed by atoms with Crippen molar-refractivity contribution in [2.75, 3.05) is 37.9 Å². The van der Waals surface area contributed by atoms with Crippen LogP contribution >= 0.6 is 0 Å². The summed E-state index contributed by atoms with van der Waals surface area (Å²) in [4.78, 5) is 8.51. The maximum absolute atomic E-state index is 13.8. The van der Waals surface area contributed by atoms with E-state index in [1.54, 1.807) is 13.2 Å². The van der Waals surface area contributed by atoms with E-state index < -0.39 is 15.8 Å². The minimum atomic E-state index is -3.87. The van der Waals surface area contributed by atoms with Crippen LogP contribution in [0, 0.1) is 12.7 Å². The molecule has 0 aliphatic heterocycles. The molecule has 1 aromatic heterocycles. The van der Waals surface area contributed by atoms with Crippen molar-refractivity contribution in [2.24, 2.45) is 0 Å². The predicted molar refractivity (Wildman–Crippen MR) is 120 cm³/mol. The first-order valence-electron chi connectivity index (χ1n) is 9.64. The van der Waals surface area contributed by atoms with Crippen molar-refractivity contribution in [3.63, 3.8) is 0 Å². The molecule has 2 aromatic carbocycles. The highest BCUT2D eigenvalue weighted by molar-refractivity contribution is 7.89. The molecule has 1 heterocycles. The molecule has 0 aliphatic rings. The van der Waals surface area contributed by atoms with E-state index in [1.165, 1.54) is 19.2 Å². The Labute approximate surface area is 186 Å². The number of anilines is 3. The number of halogens is 1. The summed E-state index contributed by atoms with van der Waals surface area (Å²) in [7, 11) is -0.966. The number of rotatable bonds is 10. The molecular formula is C21H24FN5O4S. The van der Waals surface area contributed by atoms with Gasteiger partial charge in [0.2, 0.25) is 16.0 Å². The van der Waals surface area contributed by atoms with Crippen LogP contribution in [0.4, 0.5) is 21.8 Å². The number of hydrogen-bond donors (Lipinski definition) is 3. The van der Waals surface area contributed by atoms with Gasteiger partial charge in [0.15, 0.2) is 11.6 Å². The van der Waals surface area contributed by atoms with Gasteiger partial charge in [-0.3, -0.25) is 0 Å². The number of aryl methyl sites for hydroxylation is 1. The molecule has 3 aromatic rings. The molecule has 0 aliphatic carbocycles. The first-order valence-corrected chi connectivity index (χ1v) is 11.1. The van der Waals surface area contributed by atoms with Gasteiger partial charge in [0.05, 0.1) is 19.1 Å². The predicted octanol–water partition coefficient (Wildman–Crippen LogP) is 3.08. The zero-order valence-electron chi connectivity index (χ0n) is 17.8. The summed E-state index contributed by atoms with van der Waals surface area (Å²) in [5.74, 6) is 0.895. The van der Waals surface area contributed by atoms with Crippen LogP contribution in [0.2, 0.25) is 0 Å². The largest absolute Gasteiger partial charge is 0.497 e. The van der Waals surface area contributed by atoms with Gasteiger partial charge in [-0.1, -0.05) is 0 Å². The monoisotopic (exact) mass is 461 g/mol. The van der Waals surface area contributed by atoms with Crippen molar-refractivity contribution in [2.45, 2.75) is 11.8 Å². The van der Waals surface area contributed by atoms with E-state index in [-0.39, 0.29) is 23.7 Å². The molecule has 0 saturated carbocycles. The zero-order valence-corrected chi connectivity index (χ0v) is 18.7. The van der Waals surface area contributed by atoms with Gasteiger partial charge in [-0.2, -0.15) is 4.98 Å². The van der Waals surface area contributed by atoms with E-state index in [4.69, 9.17) is 9.47 Å². The fourth-order valence-corrected chi connectivity index (χ4v) is 3.83. The first-order chi connectivity index (χ1) is 15.3. The Kier molecular flexibility index (Phi) is 7.44. The second-order valence-corrected chi connectivity index (χ2v) is 8.46. The highest BCUT2D eigenvalue weighted by Crippen LogP contribution is 2.21. The zero-order chi connectivity index (χ0) is 23.1. The average molecular weight is 462 g/mol. The van der Waals surface area contributed by atoms with Gasteiger partial charge in [-0.05, 0) is 49.4 Å². The van der Waals surface area contributed by atoms with Crippen LogP contribution in [-0.4, -0.2) is 45.7 Å². The minimum Gasteiger partial charge on any atom is -0.497 e. The number of methoxy groups -OCH3 is 2. The van der Waals surface area contributed by atoms with Crippen LogP contribution in [-0.2, 0) is 10.0 Å². The van der Waals surface area contributed by atoms with Gasteiger partial charge in [0.25, 0.3) is 0 Å². The first kappa shape index (κ1) is 23.2. The lowest BCUT2D eigenvalue weighted by Crippen LogP contribution is -2.29. The summed E-state index contributed by atoms with van der Waals surface area (Å²) in [5.41, 5.74) is 1.56. The van der Waals surface area contributed by atoms with Gasteiger partial charge in [0, 0.05) is 30.5 Å². The molecule has 3 rings (SSSR count). The molecule has 0 atom stereocenters. The summed E-state index contributed by atoms with van der Waals surface area (Å²) in [6.45, 7) is 2.10. The standard InChI is InChI=1S/C21H24FN5O4S/c1-14-12-20(26-15-4-6-16(30-2)7-5-15)27-21(25-14)23-10-11-24-32(28,29)17-8-9-19(31-3)18(22)13-17/h4-9,12-13,24H,10-11H2,1-3H3,(H2,23,25,26,27). The van der Waals surface area contributed by atoms with Crippen LogP contribution in [0.3, 0.4) is 0 Å². The van der Waals surface area contributed by atoms with Crippen molar-refractivity contribution >= 4 is 27.5 Å². The molecule has 32 heavy (non-hydrogen) atoms. The van der Waals surface area contributed by atoms with Gasteiger partial charge >= 0.3 is 0 Å². The molecular weight excluding hydrogens is 437 g/mol. The van der Waals surface area contributed by atoms with Gasteiger partial charge in [-0.25, -0.2) is 22.5 Å². The summed E-state index contributed by atoms with van der Waals surface area (Å²) < 4.78 is 50.9. The summed E-state index contributed by atoms with van der Waals surface area (Å²) in [6.07, 6.45) is 0. The number of hydrogen-bond acceptors (Lipinski definition) is 8. The van der Waals surface area contributed by atoms with Crippen LogP contribution in [0.25, 0.3) is 0 Å². The normalized spacial score (nSPS) is 11.1. The SMILES string of the molecule is COc1ccc(Nc2cc(C)nc(NCCNS(=O)(=O)c3ccc(OC)c(F)c3)n2)cc1. The lowest BCUT2D eigenvalue weighted by Gasteiger charge is -2.11. The Morgan fingerprint density at radius 3 is 2.38 bits per heavy atom. The molecule has 170 valence electrons. The van der Waals surface area contributed by atoms with Crippen molar-refractivity contribution in [3.05, 3.63) is 60.0 Å². The van der Waals surface area contributed by atoms with Crippen LogP contribution in [0.1, 0.15) is 5.69 Å². The average Bonchev–Trinajstić information content (AvgIpc) is 2.77. The quantitative estimate of drug-likeness (QED) is 0.395.